The smallest absolute Gasteiger partial charge is 0.0487 e. The molecule has 0 radical (unpaired) electrons. The zero-order valence-corrected chi connectivity index (χ0v) is 12.1. The molecule has 0 aromatic rings. The summed E-state index contributed by atoms with van der Waals surface area (Å²) in [7, 11) is 1.73. The number of methoxy groups -OCH3 is 1. The molecule has 17 heavy (non-hydrogen) atoms. The Kier molecular flexibility index (Phi) is 12.3. The Morgan fingerprint density at radius 2 is 1.82 bits per heavy atom. The van der Waals surface area contributed by atoms with Gasteiger partial charge in [-0.2, -0.15) is 0 Å². The molecule has 1 N–H and O–H groups in total. The number of ether oxygens (including phenoxy) is 2. The first-order valence-electron chi connectivity index (χ1n) is 7.00. The second-order valence-corrected chi connectivity index (χ2v) is 4.97. The van der Waals surface area contributed by atoms with Crippen LogP contribution in [0.2, 0.25) is 0 Å². The summed E-state index contributed by atoms with van der Waals surface area (Å²) < 4.78 is 10.6. The highest BCUT2D eigenvalue weighted by atomic mass is 16.5. The van der Waals surface area contributed by atoms with E-state index in [1.54, 1.807) is 7.11 Å². The lowest BCUT2D eigenvalue weighted by Crippen LogP contribution is -2.29. The quantitative estimate of drug-likeness (QED) is 0.536. The normalized spacial score (nSPS) is 13.2. The third-order valence-corrected chi connectivity index (χ3v) is 2.82. The van der Waals surface area contributed by atoms with E-state index in [0.29, 0.717) is 6.04 Å². The van der Waals surface area contributed by atoms with Crippen LogP contribution in [0.4, 0.5) is 0 Å². The van der Waals surface area contributed by atoms with Crippen molar-refractivity contribution >= 4 is 0 Å². The maximum Gasteiger partial charge on any atom is 0.0487 e. The van der Waals surface area contributed by atoms with E-state index in [-0.39, 0.29) is 0 Å². The lowest BCUT2D eigenvalue weighted by Gasteiger charge is -2.18. The second kappa shape index (κ2) is 12.3. The molecule has 0 rings (SSSR count). The maximum absolute atomic E-state index is 5.61. The number of rotatable bonds is 12. The summed E-state index contributed by atoms with van der Waals surface area (Å²) in [5, 5.41) is 3.52. The predicted molar refractivity (Wildman–Crippen MR) is 73.5 cm³/mol. The Morgan fingerprint density at radius 3 is 2.41 bits per heavy atom. The van der Waals surface area contributed by atoms with Gasteiger partial charge in [0.2, 0.25) is 0 Å². The molecule has 0 aromatic heterocycles. The van der Waals surface area contributed by atoms with Crippen LogP contribution in [0.3, 0.4) is 0 Å². The van der Waals surface area contributed by atoms with Crippen LogP contribution in [0, 0.1) is 5.92 Å². The lowest BCUT2D eigenvalue weighted by molar-refractivity contribution is 0.0925. The van der Waals surface area contributed by atoms with Crippen molar-refractivity contribution in [3.63, 3.8) is 0 Å². The van der Waals surface area contributed by atoms with Gasteiger partial charge in [0, 0.05) is 33.0 Å². The molecule has 0 saturated carbocycles. The minimum atomic E-state index is 0.581. The summed E-state index contributed by atoms with van der Waals surface area (Å²) in [5.74, 6) is 0.754. The molecule has 0 aliphatic carbocycles. The van der Waals surface area contributed by atoms with Crippen LogP contribution < -0.4 is 5.32 Å². The fourth-order valence-electron chi connectivity index (χ4n) is 1.82. The average Bonchev–Trinajstić information content (AvgIpc) is 2.30. The van der Waals surface area contributed by atoms with Gasteiger partial charge in [0.05, 0.1) is 0 Å². The van der Waals surface area contributed by atoms with Crippen molar-refractivity contribution in [2.45, 2.75) is 52.5 Å². The van der Waals surface area contributed by atoms with Crippen LogP contribution in [-0.2, 0) is 9.47 Å². The van der Waals surface area contributed by atoms with Crippen molar-refractivity contribution < 1.29 is 9.47 Å². The molecule has 0 spiro atoms. The maximum atomic E-state index is 5.61. The van der Waals surface area contributed by atoms with Crippen molar-refractivity contribution in [3.8, 4) is 0 Å². The Bertz CT molecular complexity index is 151. The standard InChI is InChI=1S/C14H31NO2/c1-5-7-14(12-15-13(2)3)8-11-17-10-6-9-16-4/h13-15H,5-12H2,1-4H3. The highest BCUT2D eigenvalue weighted by Gasteiger charge is 2.08. The van der Waals surface area contributed by atoms with Gasteiger partial charge < -0.3 is 14.8 Å². The van der Waals surface area contributed by atoms with Gasteiger partial charge in [-0.15, -0.1) is 0 Å². The summed E-state index contributed by atoms with van der Waals surface area (Å²) >= 11 is 0. The van der Waals surface area contributed by atoms with Crippen LogP contribution in [0.5, 0.6) is 0 Å². The van der Waals surface area contributed by atoms with Crippen LogP contribution in [0.15, 0.2) is 0 Å². The molecular formula is C14H31NO2. The first-order chi connectivity index (χ1) is 8.20. The van der Waals surface area contributed by atoms with Crippen LogP contribution in [0.25, 0.3) is 0 Å². The van der Waals surface area contributed by atoms with Crippen molar-refractivity contribution in [1.82, 2.24) is 5.32 Å². The minimum Gasteiger partial charge on any atom is -0.385 e. The molecule has 0 aliphatic rings. The van der Waals surface area contributed by atoms with Gasteiger partial charge in [0.1, 0.15) is 0 Å². The van der Waals surface area contributed by atoms with Gasteiger partial charge in [0.15, 0.2) is 0 Å². The van der Waals surface area contributed by atoms with Crippen molar-refractivity contribution in [1.29, 1.82) is 0 Å². The first kappa shape index (κ1) is 16.9. The van der Waals surface area contributed by atoms with E-state index in [1.165, 1.54) is 19.3 Å². The Labute approximate surface area is 107 Å². The van der Waals surface area contributed by atoms with Crippen LogP contribution in [0.1, 0.15) is 46.5 Å². The Hall–Kier alpha value is -0.120. The molecule has 1 atom stereocenters. The summed E-state index contributed by atoms with van der Waals surface area (Å²) in [6.07, 6.45) is 4.72. The van der Waals surface area contributed by atoms with E-state index in [4.69, 9.17) is 9.47 Å². The van der Waals surface area contributed by atoms with Gasteiger partial charge in [-0.1, -0.05) is 27.2 Å². The summed E-state index contributed by atoms with van der Waals surface area (Å²) in [6.45, 7) is 10.3. The van der Waals surface area contributed by atoms with E-state index >= 15 is 0 Å². The zero-order chi connectivity index (χ0) is 12.9. The zero-order valence-electron chi connectivity index (χ0n) is 12.1. The monoisotopic (exact) mass is 245 g/mol. The van der Waals surface area contributed by atoms with E-state index < -0.39 is 0 Å². The molecule has 3 nitrogen and oxygen atoms in total. The molecule has 0 aromatic carbocycles. The molecule has 0 amide bonds. The highest BCUT2D eigenvalue weighted by Crippen LogP contribution is 2.10. The van der Waals surface area contributed by atoms with Crippen molar-refractivity contribution in [3.05, 3.63) is 0 Å². The third kappa shape index (κ3) is 12.1. The average molecular weight is 245 g/mol. The lowest BCUT2D eigenvalue weighted by atomic mass is 10.00. The largest absolute Gasteiger partial charge is 0.385 e. The third-order valence-electron chi connectivity index (χ3n) is 2.82. The van der Waals surface area contributed by atoms with Crippen LogP contribution >= 0.6 is 0 Å². The SMILES string of the molecule is CCCC(CCOCCCOC)CNC(C)C. The van der Waals surface area contributed by atoms with Gasteiger partial charge >= 0.3 is 0 Å². The van der Waals surface area contributed by atoms with Gasteiger partial charge in [0.25, 0.3) is 0 Å². The fraction of sp³-hybridized carbons (Fsp3) is 1.00. The molecule has 0 saturated heterocycles. The molecule has 1 unspecified atom stereocenters. The Balaban J connectivity index is 3.48. The number of nitrogens with one attached hydrogen (secondary N) is 1. The molecule has 104 valence electrons. The molecule has 3 heteroatoms. The predicted octanol–water partition coefficient (Wildman–Crippen LogP) is 2.84. The second-order valence-electron chi connectivity index (χ2n) is 4.97. The van der Waals surface area contributed by atoms with E-state index in [9.17, 15) is 0 Å². The van der Waals surface area contributed by atoms with E-state index in [1.807, 2.05) is 0 Å². The molecule has 0 bridgehead atoms. The topological polar surface area (TPSA) is 30.5 Å². The van der Waals surface area contributed by atoms with Gasteiger partial charge in [-0.25, -0.2) is 0 Å². The minimum absolute atomic E-state index is 0.581. The number of hydrogen-bond acceptors (Lipinski definition) is 3. The summed E-state index contributed by atoms with van der Waals surface area (Å²) in [5.41, 5.74) is 0. The Morgan fingerprint density at radius 1 is 1.06 bits per heavy atom. The van der Waals surface area contributed by atoms with Gasteiger partial charge in [-0.05, 0) is 31.7 Å². The number of hydrogen-bond donors (Lipinski definition) is 1. The van der Waals surface area contributed by atoms with Crippen molar-refractivity contribution in [2.24, 2.45) is 5.92 Å². The first-order valence-corrected chi connectivity index (χ1v) is 7.00. The van der Waals surface area contributed by atoms with Crippen molar-refractivity contribution in [2.75, 3.05) is 33.5 Å². The molecule has 0 fully saturated rings. The van der Waals surface area contributed by atoms with Gasteiger partial charge in [-0.3, -0.25) is 0 Å². The van der Waals surface area contributed by atoms with E-state index in [0.717, 1.165) is 38.7 Å². The van der Waals surface area contributed by atoms with E-state index in [2.05, 4.69) is 26.1 Å². The molecule has 0 aliphatic heterocycles. The van der Waals surface area contributed by atoms with Crippen LogP contribution in [-0.4, -0.2) is 39.5 Å². The summed E-state index contributed by atoms with van der Waals surface area (Å²) in [6, 6.07) is 0.581. The molecular weight excluding hydrogens is 214 g/mol. The molecule has 0 heterocycles. The summed E-state index contributed by atoms with van der Waals surface area (Å²) in [4.78, 5) is 0. The fourth-order valence-corrected chi connectivity index (χ4v) is 1.82. The highest BCUT2D eigenvalue weighted by molar-refractivity contribution is 4.64.